The summed E-state index contributed by atoms with van der Waals surface area (Å²) in [7, 11) is 0. The lowest BCUT2D eigenvalue weighted by Gasteiger charge is -2.28. The average molecular weight is 242 g/mol. The first-order valence-corrected chi connectivity index (χ1v) is 6.89. The third-order valence-electron chi connectivity index (χ3n) is 3.69. The van der Waals surface area contributed by atoms with E-state index in [-0.39, 0.29) is 5.92 Å². The van der Waals surface area contributed by atoms with Gasteiger partial charge < -0.3 is 0 Å². The molecule has 18 heavy (non-hydrogen) atoms. The molecule has 0 amide bonds. The van der Waals surface area contributed by atoms with Crippen LogP contribution in [0.15, 0.2) is 30.3 Å². The van der Waals surface area contributed by atoms with E-state index in [9.17, 15) is 5.26 Å². The van der Waals surface area contributed by atoms with Crippen molar-refractivity contribution in [3.63, 3.8) is 0 Å². The van der Waals surface area contributed by atoms with E-state index in [2.05, 4.69) is 36.9 Å². The molecule has 2 nitrogen and oxygen atoms in total. The third-order valence-corrected chi connectivity index (χ3v) is 3.69. The average Bonchev–Trinajstić information content (AvgIpc) is 3.19. The number of benzene rings is 1. The van der Waals surface area contributed by atoms with Gasteiger partial charge in [0.25, 0.3) is 0 Å². The number of hydrogen-bond donors (Lipinski definition) is 0. The number of nitriles is 1. The second-order valence-electron chi connectivity index (χ2n) is 5.58. The standard InChI is InChI=1S/C16H22N2/c1-13(2)18(11-14-8-9-14)12-16(10-17)15-6-4-3-5-7-15/h3-7,13-14,16H,8-9,11-12H2,1-2H3. The van der Waals surface area contributed by atoms with Crippen LogP contribution in [-0.2, 0) is 0 Å². The van der Waals surface area contributed by atoms with Crippen LogP contribution in [0, 0.1) is 17.2 Å². The summed E-state index contributed by atoms with van der Waals surface area (Å²) in [6, 6.07) is 13.1. The monoisotopic (exact) mass is 242 g/mol. The molecular formula is C16H22N2. The van der Waals surface area contributed by atoms with Gasteiger partial charge in [0.05, 0.1) is 12.0 Å². The highest BCUT2D eigenvalue weighted by molar-refractivity contribution is 5.25. The Labute approximate surface area is 110 Å². The first kappa shape index (κ1) is 13.1. The van der Waals surface area contributed by atoms with E-state index < -0.39 is 0 Å². The summed E-state index contributed by atoms with van der Waals surface area (Å²) >= 11 is 0. The fraction of sp³-hybridized carbons (Fsp3) is 0.562. The Bertz CT molecular complexity index is 401. The molecule has 1 aliphatic carbocycles. The molecule has 2 rings (SSSR count). The Morgan fingerprint density at radius 1 is 1.28 bits per heavy atom. The molecule has 96 valence electrons. The highest BCUT2D eigenvalue weighted by Gasteiger charge is 2.27. The van der Waals surface area contributed by atoms with E-state index in [1.165, 1.54) is 12.8 Å². The van der Waals surface area contributed by atoms with Crippen molar-refractivity contribution in [2.75, 3.05) is 13.1 Å². The van der Waals surface area contributed by atoms with Crippen LogP contribution in [-0.4, -0.2) is 24.0 Å². The normalized spacial score (nSPS) is 16.8. The zero-order chi connectivity index (χ0) is 13.0. The van der Waals surface area contributed by atoms with Gasteiger partial charge in [-0.1, -0.05) is 30.3 Å². The zero-order valence-corrected chi connectivity index (χ0v) is 11.3. The molecule has 0 aliphatic heterocycles. The largest absolute Gasteiger partial charge is 0.299 e. The van der Waals surface area contributed by atoms with Gasteiger partial charge in [-0.3, -0.25) is 4.90 Å². The molecule has 1 atom stereocenters. The van der Waals surface area contributed by atoms with Gasteiger partial charge in [-0.05, 0) is 38.2 Å². The summed E-state index contributed by atoms with van der Waals surface area (Å²) in [6.45, 7) is 6.46. The van der Waals surface area contributed by atoms with Gasteiger partial charge in [0.2, 0.25) is 0 Å². The summed E-state index contributed by atoms with van der Waals surface area (Å²) in [5.74, 6) is 0.870. The third kappa shape index (κ3) is 3.58. The van der Waals surface area contributed by atoms with Crippen LogP contribution < -0.4 is 0 Å². The van der Waals surface area contributed by atoms with Crippen LogP contribution >= 0.6 is 0 Å². The van der Waals surface area contributed by atoms with E-state index in [1.807, 2.05) is 18.2 Å². The van der Waals surface area contributed by atoms with Crippen LogP contribution in [0.2, 0.25) is 0 Å². The maximum Gasteiger partial charge on any atom is 0.0839 e. The van der Waals surface area contributed by atoms with Crippen LogP contribution in [0.5, 0.6) is 0 Å². The highest BCUT2D eigenvalue weighted by Crippen LogP contribution is 2.31. The second-order valence-corrected chi connectivity index (χ2v) is 5.58. The molecule has 0 spiro atoms. The van der Waals surface area contributed by atoms with Gasteiger partial charge in [0.15, 0.2) is 0 Å². The van der Waals surface area contributed by atoms with Crippen molar-refractivity contribution in [1.82, 2.24) is 4.90 Å². The van der Waals surface area contributed by atoms with Crippen molar-refractivity contribution in [2.24, 2.45) is 5.92 Å². The molecule has 1 saturated carbocycles. The number of hydrogen-bond acceptors (Lipinski definition) is 2. The van der Waals surface area contributed by atoms with Crippen LogP contribution in [0.1, 0.15) is 38.2 Å². The Morgan fingerprint density at radius 3 is 2.44 bits per heavy atom. The van der Waals surface area contributed by atoms with Crippen LogP contribution in [0.4, 0.5) is 0 Å². The van der Waals surface area contributed by atoms with Gasteiger partial charge >= 0.3 is 0 Å². The van der Waals surface area contributed by atoms with Crippen molar-refractivity contribution in [1.29, 1.82) is 5.26 Å². The van der Waals surface area contributed by atoms with E-state index >= 15 is 0 Å². The lowest BCUT2D eigenvalue weighted by molar-refractivity contribution is 0.208. The minimum absolute atomic E-state index is 0.00708. The SMILES string of the molecule is CC(C)N(CC1CC1)CC(C#N)c1ccccc1. The van der Waals surface area contributed by atoms with Crippen molar-refractivity contribution < 1.29 is 0 Å². The summed E-state index contributed by atoms with van der Waals surface area (Å²) in [5, 5.41) is 9.38. The molecule has 0 bridgehead atoms. The molecule has 0 saturated heterocycles. The molecule has 2 heteroatoms. The van der Waals surface area contributed by atoms with Gasteiger partial charge in [0.1, 0.15) is 0 Å². The smallest absolute Gasteiger partial charge is 0.0839 e. The van der Waals surface area contributed by atoms with E-state index in [1.54, 1.807) is 0 Å². The fourth-order valence-corrected chi connectivity index (χ4v) is 2.27. The lowest BCUT2D eigenvalue weighted by atomic mass is 9.99. The van der Waals surface area contributed by atoms with Crippen LogP contribution in [0.3, 0.4) is 0 Å². The zero-order valence-electron chi connectivity index (χ0n) is 11.3. The van der Waals surface area contributed by atoms with Crippen molar-refractivity contribution in [2.45, 2.75) is 38.6 Å². The molecule has 1 fully saturated rings. The van der Waals surface area contributed by atoms with E-state index in [0.717, 1.165) is 24.6 Å². The van der Waals surface area contributed by atoms with E-state index in [0.29, 0.717) is 6.04 Å². The molecule has 1 aromatic rings. The predicted octanol–water partition coefficient (Wildman–Crippen LogP) is 3.41. The number of nitrogens with zero attached hydrogens (tertiary/aromatic N) is 2. The molecule has 0 heterocycles. The van der Waals surface area contributed by atoms with Crippen molar-refractivity contribution >= 4 is 0 Å². The molecule has 0 radical (unpaired) electrons. The lowest BCUT2D eigenvalue weighted by Crippen LogP contribution is -2.36. The maximum absolute atomic E-state index is 9.38. The Balaban J connectivity index is 2.01. The Hall–Kier alpha value is -1.33. The van der Waals surface area contributed by atoms with Gasteiger partial charge in [0, 0.05) is 19.1 Å². The summed E-state index contributed by atoms with van der Waals surface area (Å²) in [4.78, 5) is 2.46. The second kappa shape index (κ2) is 6.02. The molecule has 0 N–H and O–H groups in total. The van der Waals surface area contributed by atoms with Gasteiger partial charge in [-0.15, -0.1) is 0 Å². The predicted molar refractivity (Wildman–Crippen MR) is 74.2 cm³/mol. The van der Waals surface area contributed by atoms with Gasteiger partial charge in [-0.25, -0.2) is 0 Å². The molecule has 1 aliphatic rings. The Morgan fingerprint density at radius 2 is 1.94 bits per heavy atom. The molecule has 1 aromatic carbocycles. The first-order valence-electron chi connectivity index (χ1n) is 6.89. The topological polar surface area (TPSA) is 27.0 Å². The minimum atomic E-state index is -0.00708. The van der Waals surface area contributed by atoms with Crippen molar-refractivity contribution in [3.05, 3.63) is 35.9 Å². The molecular weight excluding hydrogens is 220 g/mol. The number of rotatable bonds is 6. The quantitative estimate of drug-likeness (QED) is 0.764. The van der Waals surface area contributed by atoms with E-state index in [4.69, 9.17) is 0 Å². The summed E-state index contributed by atoms with van der Waals surface area (Å²) in [5.41, 5.74) is 1.14. The minimum Gasteiger partial charge on any atom is -0.299 e. The van der Waals surface area contributed by atoms with Gasteiger partial charge in [-0.2, -0.15) is 5.26 Å². The van der Waals surface area contributed by atoms with Crippen LogP contribution in [0.25, 0.3) is 0 Å². The Kier molecular flexibility index (Phi) is 4.38. The molecule has 1 unspecified atom stereocenters. The maximum atomic E-state index is 9.38. The summed E-state index contributed by atoms with van der Waals surface area (Å²) in [6.07, 6.45) is 2.73. The van der Waals surface area contributed by atoms with Crippen molar-refractivity contribution in [3.8, 4) is 6.07 Å². The molecule has 0 aromatic heterocycles. The fourth-order valence-electron chi connectivity index (χ4n) is 2.27. The highest BCUT2D eigenvalue weighted by atomic mass is 15.2. The first-order chi connectivity index (χ1) is 8.70. The summed E-state index contributed by atoms with van der Waals surface area (Å²) < 4.78 is 0.